The minimum atomic E-state index is -1.11. The van der Waals surface area contributed by atoms with Crippen LogP contribution in [0.5, 0.6) is 0 Å². The van der Waals surface area contributed by atoms with Crippen molar-refractivity contribution in [2.24, 2.45) is 0 Å². The van der Waals surface area contributed by atoms with Gasteiger partial charge in [0.2, 0.25) is 0 Å². The van der Waals surface area contributed by atoms with Crippen molar-refractivity contribution in [1.82, 2.24) is 4.90 Å². The first-order valence-corrected chi connectivity index (χ1v) is 10.0. The third kappa shape index (κ3) is 3.65. The van der Waals surface area contributed by atoms with E-state index in [-0.39, 0.29) is 5.41 Å². The summed E-state index contributed by atoms with van der Waals surface area (Å²) in [7, 11) is 3.09. The molecule has 134 valence electrons. The summed E-state index contributed by atoms with van der Waals surface area (Å²) >= 11 is 0. The molecule has 2 aromatic rings. The van der Waals surface area contributed by atoms with Gasteiger partial charge in [0.25, 0.3) is 0 Å². The van der Waals surface area contributed by atoms with Gasteiger partial charge < -0.3 is 9.80 Å². The molecule has 0 saturated heterocycles. The fraction of sp³-hybridized carbons (Fsp3) is 0.429. The molecule has 0 saturated carbocycles. The van der Waals surface area contributed by atoms with E-state index in [1.54, 1.807) is 0 Å². The second-order valence-corrected chi connectivity index (χ2v) is 9.39. The molecular weight excluding hydrogens is 328 g/mol. The Morgan fingerprint density at radius 3 is 2.36 bits per heavy atom. The normalized spacial score (nSPS) is 16.7. The fourth-order valence-electron chi connectivity index (χ4n) is 3.22. The van der Waals surface area contributed by atoms with Crippen LogP contribution >= 0.6 is 0 Å². The number of nitrogens with zero attached hydrogens (tertiary/aromatic N) is 2. The van der Waals surface area contributed by atoms with Crippen molar-refractivity contribution >= 4 is 22.2 Å². The van der Waals surface area contributed by atoms with E-state index >= 15 is 0 Å². The van der Waals surface area contributed by atoms with Gasteiger partial charge in [0, 0.05) is 6.54 Å². The Labute approximate surface area is 154 Å². The molecule has 1 heterocycles. The monoisotopic (exact) mass is 356 g/mol. The molecule has 4 heteroatoms. The zero-order valence-corrected chi connectivity index (χ0v) is 16.7. The summed E-state index contributed by atoms with van der Waals surface area (Å²) in [5, 5.41) is 0. The zero-order chi connectivity index (χ0) is 18.2. The highest BCUT2D eigenvalue weighted by molar-refractivity contribution is 7.85. The Bertz CT molecular complexity index is 793. The van der Waals surface area contributed by atoms with E-state index in [4.69, 9.17) is 0 Å². The lowest BCUT2D eigenvalue weighted by molar-refractivity contribution is 0.402. The molecule has 3 rings (SSSR count). The smallest absolute Gasteiger partial charge is 0.0892 e. The SMILES string of the molecule is CN(C)CCCN1c2ccccc2S(=O)c2ccc(C(C)(C)C)cc21. The Kier molecular flexibility index (Phi) is 5.03. The van der Waals surface area contributed by atoms with Gasteiger partial charge in [-0.05, 0) is 62.3 Å². The molecule has 0 aliphatic carbocycles. The maximum Gasteiger partial charge on any atom is 0.0892 e. The van der Waals surface area contributed by atoms with Gasteiger partial charge in [-0.2, -0.15) is 0 Å². The highest BCUT2D eigenvalue weighted by Gasteiger charge is 2.29. The minimum absolute atomic E-state index is 0.0722. The van der Waals surface area contributed by atoms with E-state index in [1.165, 1.54) is 5.56 Å². The van der Waals surface area contributed by atoms with E-state index < -0.39 is 10.8 Å². The third-order valence-corrected chi connectivity index (χ3v) is 6.15. The summed E-state index contributed by atoms with van der Waals surface area (Å²) < 4.78 is 13.1. The van der Waals surface area contributed by atoms with Gasteiger partial charge in [0.15, 0.2) is 0 Å². The molecule has 3 nitrogen and oxygen atoms in total. The number of anilines is 2. The van der Waals surface area contributed by atoms with E-state index in [0.717, 1.165) is 40.7 Å². The number of fused-ring (bicyclic) bond motifs is 2. The van der Waals surface area contributed by atoms with Crippen molar-refractivity contribution in [2.45, 2.75) is 42.4 Å². The van der Waals surface area contributed by atoms with Crippen LogP contribution in [0.1, 0.15) is 32.8 Å². The van der Waals surface area contributed by atoms with E-state index in [1.807, 2.05) is 18.2 Å². The summed E-state index contributed by atoms with van der Waals surface area (Å²) in [5.41, 5.74) is 3.53. The van der Waals surface area contributed by atoms with E-state index in [2.05, 4.69) is 68.9 Å². The van der Waals surface area contributed by atoms with Crippen molar-refractivity contribution in [2.75, 3.05) is 32.1 Å². The summed E-state index contributed by atoms with van der Waals surface area (Å²) in [5.74, 6) is 0. The molecule has 0 fully saturated rings. The quantitative estimate of drug-likeness (QED) is 0.803. The number of benzene rings is 2. The average molecular weight is 357 g/mol. The summed E-state index contributed by atoms with van der Waals surface area (Å²) in [4.78, 5) is 6.41. The zero-order valence-electron chi connectivity index (χ0n) is 15.9. The van der Waals surface area contributed by atoms with Gasteiger partial charge in [-0.15, -0.1) is 0 Å². The number of rotatable bonds is 4. The molecule has 1 aliphatic heterocycles. The van der Waals surface area contributed by atoms with Gasteiger partial charge in [-0.25, -0.2) is 4.21 Å². The molecule has 0 bridgehead atoms. The lowest BCUT2D eigenvalue weighted by Crippen LogP contribution is -2.28. The van der Waals surface area contributed by atoms with E-state index in [0.29, 0.717) is 0 Å². The molecule has 0 spiro atoms. The van der Waals surface area contributed by atoms with Crippen molar-refractivity contribution in [1.29, 1.82) is 0 Å². The van der Waals surface area contributed by atoms with Crippen molar-refractivity contribution in [3.63, 3.8) is 0 Å². The largest absolute Gasteiger partial charge is 0.339 e. The van der Waals surface area contributed by atoms with Crippen LogP contribution < -0.4 is 4.90 Å². The van der Waals surface area contributed by atoms with E-state index in [9.17, 15) is 4.21 Å². The molecule has 0 N–H and O–H groups in total. The first-order valence-electron chi connectivity index (χ1n) is 8.86. The molecule has 1 unspecified atom stereocenters. The van der Waals surface area contributed by atoms with Gasteiger partial charge >= 0.3 is 0 Å². The molecule has 1 aliphatic rings. The lowest BCUT2D eigenvalue weighted by atomic mass is 9.87. The average Bonchev–Trinajstić information content (AvgIpc) is 2.56. The van der Waals surface area contributed by atoms with Gasteiger partial charge in [-0.1, -0.05) is 39.0 Å². The van der Waals surface area contributed by atoms with Crippen molar-refractivity contribution in [3.05, 3.63) is 48.0 Å². The number of hydrogen-bond donors (Lipinski definition) is 0. The molecule has 2 aromatic carbocycles. The van der Waals surface area contributed by atoms with Crippen LogP contribution in [0.25, 0.3) is 0 Å². The van der Waals surface area contributed by atoms with Crippen LogP contribution in [-0.2, 0) is 16.2 Å². The molecule has 25 heavy (non-hydrogen) atoms. The maximum atomic E-state index is 13.1. The second-order valence-electron chi connectivity index (χ2n) is 7.98. The first kappa shape index (κ1) is 18.2. The Hall–Kier alpha value is -1.65. The molecular formula is C21H28N2OS. The summed E-state index contributed by atoms with van der Waals surface area (Å²) in [6.07, 6.45) is 1.06. The first-order chi connectivity index (χ1) is 11.8. The Morgan fingerprint density at radius 1 is 1.00 bits per heavy atom. The number of hydrogen-bond acceptors (Lipinski definition) is 3. The lowest BCUT2D eigenvalue weighted by Gasteiger charge is -2.34. The van der Waals surface area contributed by atoms with Crippen LogP contribution in [-0.4, -0.2) is 36.3 Å². The second kappa shape index (κ2) is 6.93. The highest BCUT2D eigenvalue weighted by Crippen LogP contribution is 2.43. The molecule has 0 aromatic heterocycles. The highest BCUT2D eigenvalue weighted by atomic mass is 32.2. The predicted molar refractivity (Wildman–Crippen MR) is 106 cm³/mol. The van der Waals surface area contributed by atoms with Crippen molar-refractivity contribution in [3.8, 4) is 0 Å². The van der Waals surface area contributed by atoms with Crippen LogP contribution in [0.2, 0.25) is 0 Å². The number of para-hydroxylation sites is 1. The third-order valence-electron chi connectivity index (χ3n) is 4.66. The topological polar surface area (TPSA) is 23.6 Å². The van der Waals surface area contributed by atoms with Crippen LogP contribution in [0.4, 0.5) is 11.4 Å². The fourth-order valence-corrected chi connectivity index (χ4v) is 4.58. The molecule has 1 atom stereocenters. The molecule has 0 radical (unpaired) electrons. The van der Waals surface area contributed by atoms with Gasteiger partial charge in [0.05, 0.1) is 32.0 Å². The van der Waals surface area contributed by atoms with Crippen LogP contribution in [0, 0.1) is 0 Å². The summed E-state index contributed by atoms with van der Waals surface area (Å²) in [6, 6.07) is 14.5. The summed E-state index contributed by atoms with van der Waals surface area (Å²) in [6.45, 7) is 8.62. The standard InChI is InChI=1S/C21H28N2OS/c1-21(2,3)16-11-12-20-18(15-16)23(14-8-13-22(4)5)17-9-6-7-10-19(17)25(20)24/h6-7,9-12,15H,8,13-14H2,1-5H3. The molecule has 0 amide bonds. The van der Waals surface area contributed by atoms with Gasteiger partial charge in [-0.3, -0.25) is 0 Å². The maximum absolute atomic E-state index is 13.1. The predicted octanol–water partition coefficient (Wildman–Crippen LogP) is 4.55. The Morgan fingerprint density at radius 2 is 1.68 bits per heavy atom. The minimum Gasteiger partial charge on any atom is -0.339 e. The van der Waals surface area contributed by atoms with Gasteiger partial charge in [0.1, 0.15) is 0 Å². The van der Waals surface area contributed by atoms with Crippen LogP contribution in [0.3, 0.4) is 0 Å². The van der Waals surface area contributed by atoms with Crippen molar-refractivity contribution < 1.29 is 4.21 Å². The Balaban J connectivity index is 2.07. The van der Waals surface area contributed by atoms with Crippen LogP contribution in [0.15, 0.2) is 52.3 Å².